The average molecular weight is 423 g/mol. The summed E-state index contributed by atoms with van der Waals surface area (Å²) in [5.74, 6) is 0.331. The second-order valence-corrected chi connectivity index (χ2v) is 8.49. The molecule has 2 aliphatic rings. The summed E-state index contributed by atoms with van der Waals surface area (Å²) in [6.07, 6.45) is 8.03. The lowest BCUT2D eigenvalue weighted by Crippen LogP contribution is -2.35. The van der Waals surface area contributed by atoms with E-state index in [1.54, 1.807) is 30.4 Å². The van der Waals surface area contributed by atoms with Gasteiger partial charge in [0.05, 0.1) is 28.6 Å². The molecule has 0 bridgehead atoms. The number of aromatic nitrogens is 2. The molecular formula is C21H21N5O3S. The molecule has 30 heavy (non-hydrogen) atoms. The molecule has 0 unspecified atom stereocenters. The summed E-state index contributed by atoms with van der Waals surface area (Å²) in [4.78, 5) is 36.9. The van der Waals surface area contributed by atoms with Gasteiger partial charge in [0.25, 0.3) is 5.91 Å². The van der Waals surface area contributed by atoms with E-state index in [4.69, 9.17) is 4.74 Å². The molecule has 2 N–H and O–H groups in total. The van der Waals surface area contributed by atoms with E-state index < -0.39 is 0 Å². The fourth-order valence-corrected chi connectivity index (χ4v) is 5.16. The minimum atomic E-state index is -0.340. The lowest BCUT2D eigenvalue weighted by Gasteiger charge is -2.29. The highest BCUT2D eigenvalue weighted by atomic mass is 32.1. The van der Waals surface area contributed by atoms with Crippen molar-refractivity contribution in [3.63, 3.8) is 0 Å². The molecule has 1 aliphatic carbocycles. The number of thiophene rings is 1. The molecule has 0 saturated heterocycles. The first-order valence-corrected chi connectivity index (χ1v) is 10.8. The van der Waals surface area contributed by atoms with Crippen molar-refractivity contribution in [1.29, 1.82) is 0 Å². The second kappa shape index (κ2) is 7.24. The number of nitrogens with one attached hydrogen (secondary N) is 2. The van der Waals surface area contributed by atoms with E-state index in [9.17, 15) is 9.59 Å². The van der Waals surface area contributed by atoms with Crippen LogP contribution in [0, 0.1) is 6.92 Å². The number of aryl methyl sites for hydroxylation is 1. The standard InChI is InChI=1S/C21H21N5O3S/c1-11-9-15(29-12-5-3-4-6-12)24-10-14(11)26-13-7-8-23-20-16(13)17(25-21(26)28)18(30-20)19(27)22-2/h7-10,12H,3-6H2,1-2H3,(H,22,27)(H,25,28). The summed E-state index contributed by atoms with van der Waals surface area (Å²) in [5.41, 5.74) is 2.73. The molecule has 0 atom stereocenters. The Morgan fingerprint density at radius 1 is 1.30 bits per heavy atom. The van der Waals surface area contributed by atoms with Gasteiger partial charge in [-0.1, -0.05) is 0 Å². The van der Waals surface area contributed by atoms with Crippen molar-refractivity contribution in [3.8, 4) is 5.88 Å². The van der Waals surface area contributed by atoms with Gasteiger partial charge < -0.3 is 15.4 Å². The van der Waals surface area contributed by atoms with Gasteiger partial charge in [0.15, 0.2) is 0 Å². The minimum absolute atomic E-state index is 0.220. The Bertz CT molecular complexity index is 1170. The van der Waals surface area contributed by atoms with Crippen LogP contribution >= 0.6 is 11.3 Å². The first-order chi connectivity index (χ1) is 14.6. The van der Waals surface area contributed by atoms with E-state index in [1.807, 2.05) is 13.0 Å². The van der Waals surface area contributed by atoms with Gasteiger partial charge in [0.2, 0.25) is 5.88 Å². The summed E-state index contributed by atoms with van der Waals surface area (Å²) in [6, 6.07) is 3.32. The van der Waals surface area contributed by atoms with E-state index in [1.165, 1.54) is 24.2 Å². The number of hydrogen-bond acceptors (Lipinski definition) is 6. The largest absolute Gasteiger partial charge is 0.474 e. The maximum absolute atomic E-state index is 13.1. The highest BCUT2D eigenvalue weighted by Crippen LogP contribution is 2.46. The van der Waals surface area contributed by atoms with Gasteiger partial charge in [-0.3, -0.25) is 9.69 Å². The normalized spacial score (nSPS) is 16.1. The average Bonchev–Trinajstić information content (AvgIpc) is 3.37. The molecule has 0 spiro atoms. The zero-order valence-corrected chi connectivity index (χ0v) is 17.5. The summed E-state index contributed by atoms with van der Waals surface area (Å²) in [5, 5.41) is 6.25. The van der Waals surface area contributed by atoms with Crippen LogP contribution in [0.1, 0.15) is 40.9 Å². The number of anilines is 3. The Hall–Kier alpha value is -3.20. The quantitative estimate of drug-likeness (QED) is 0.650. The second-order valence-electron chi connectivity index (χ2n) is 7.49. The van der Waals surface area contributed by atoms with E-state index >= 15 is 0 Å². The number of rotatable bonds is 4. The number of urea groups is 1. The summed E-state index contributed by atoms with van der Waals surface area (Å²) in [6.45, 7) is 1.93. The van der Waals surface area contributed by atoms with Crippen LogP contribution in [-0.4, -0.2) is 35.1 Å². The van der Waals surface area contributed by atoms with Crippen molar-refractivity contribution in [2.45, 2.75) is 38.7 Å². The van der Waals surface area contributed by atoms with Crippen molar-refractivity contribution in [1.82, 2.24) is 15.3 Å². The van der Waals surface area contributed by atoms with Gasteiger partial charge in [-0.15, -0.1) is 11.3 Å². The smallest absolute Gasteiger partial charge is 0.331 e. The minimum Gasteiger partial charge on any atom is -0.474 e. The number of carbonyl (C=O) groups excluding carboxylic acids is 2. The predicted molar refractivity (Wildman–Crippen MR) is 116 cm³/mol. The third-order valence-corrected chi connectivity index (χ3v) is 6.66. The first kappa shape index (κ1) is 18.8. The van der Waals surface area contributed by atoms with Crippen LogP contribution in [0.25, 0.3) is 10.2 Å². The van der Waals surface area contributed by atoms with Crippen LogP contribution in [0.15, 0.2) is 24.5 Å². The summed E-state index contributed by atoms with van der Waals surface area (Å²) in [7, 11) is 1.56. The van der Waals surface area contributed by atoms with E-state index in [-0.39, 0.29) is 18.0 Å². The topological polar surface area (TPSA) is 96.5 Å². The molecule has 1 saturated carbocycles. The molecule has 3 aromatic heterocycles. The van der Waals surface area contributed by atoms with Gasteiger partial charge in [-0.25, -0.2) is 14.8 Å². The van der Waals surface area contributed by atoms with Crippen LogP contribution in [0.3, 0.4) is 0 Å². The Morgan fingerprint density at radius 3 is 2.83 bits per heavy atom. The number of hydrogen-bond donors (Lipinski definition) is 2. The predicted octanol–water partition coefficient (Wildman–Crippen LogP) is 4.36. The molecule has 1 aliphatic heterocycles. The van der Waals surface area contributed by atoms with Crippen LogP contribution < -0.4 is 20.3 Å². The Labute approximate surface area is 177 Å². The highest BCUT2D eigenvalue weighted by molar-refractivity contribution is 7.21. The van der Waals surface area contributed by atoms with Crippen molar-refractivity contribution < 1.29 is 14.3 Å². The number of nitrogens with zero attached hydrogens (tertiary/aromatic N) is 3. The van der Waals surface area contributed by atoms with Gasteiger partial charge in [0.1, 0.15) is 15.8 Å². The fourth-order valence-electron chi connectivity index (χ4n) is 4.10. The molecule has 5 rings (SSSR count). The molecule has 0 aromatic carbocycles. The number of carbonyl (C=O) groups is 2. The molecule has 1 fully saturated rings. The molecule has 3 aromatic rings. The number of pyridine rings is 2. The number of ether oxygens (including phenoxy) is 1. The molecule has 3 amide bonds. The fraction of sp³-hybridized carbons (Fsp3) is 0.333. The first-order valence-electron chi connectivity index (χ1n) is 9.95. The van der Waals surface area contributed by atoms with Crippen LogP contribution in [-0.2, 0) is 0 Å². The summed E-state index contributed by atoms with van der Waals surface area (Å²) < 4.78 is 6.00. The lowest BCUT2D eigenvalue weighted by molar-refractivity contribution is 0.0968. The third kappa shape index (κ3) is 2.97. The van der Waals surface area contributed by atoms with Gasteiger partial charge >= 0.3 is 6.03 Å². The van der Waals surface area contributed by atoms with Gasteiger partial charge in [-0.2, -0.15) is 0 Å². The Kier molecular flexibility index (Phi) is 4.54. The van der Waals surface area contributed by atoms with E-state index in [0.29, 0.717) is 32.6 Å². The Balaban J connectivity index is 1.57. The molecule has 8 nitrogen and oxygen atoms in total. The maximum atomic E-state index is 13.1. The molecule has 154 valence electrons. The van der Waals surface area contributed by atoms with Gasteiger partial charge in [-0.05, 0) is 44.2 Å². The highest BCUT2D eigenvalue weighted by Gasteiger charge is 2.33. The van der Waals surface area contributed by atoms with Crippen LogP contribution in [0.5, 0.6) is 5.88 Å². The zero-order chi connectivity index (χ0) is 20.8. The maximum Gasteiger partial charge on any atom is 0.331 e. The molecule has 0 radical (unpaired) electrons. The SMILES string of the molecule is CNC(=O)c1sc2nccc3c2c1NC(=O)N3c1cnc(OC2CCCC2)cc1C. The monoisotopic (exact) mass is 423 g/mol. The van der Waals surface area contributed by atoms with Gasteiger partial charge in [0, 0.05) is 19.3 Å². The lowest BCUT2D eigenvalue weighted by atomic mass is 10.1. The third-order valence-electron chi connectivity index (χ3n) is 5.57. The van der Waals surface area contributed by atoms with Crippen molar-refractivity contribution >= 4 is 50.6 Å². The van der Waals surface area contributed by atoms with Crippen LogP contribution in [0.4, 0.5) is 21.9 Å². The molecule has 4 heterocycles. The van der Waals surface area contributed by atoms with Crippen molar-refractivity contribution in [2.75, 3.05) is 17.3 Å². The Morgan fingerprint density at radius 2 is 2.10 bits per heavy atom. The van der Waals surface area contributed by atoms with Crippen LogP contribution in [0.2, 0.25) is 0 Å². The van der Waals surface area contributed by atoms with Crippen molar-refractivity contribution in [3.05, 3.63) is 35.0 Å². The zero-order valence-electron chi connectivity index (χ0n) is 16.7. The molecule has 9 heteroatoms. The van der Waals surface area contributed by atoms with E-state index in [0.717, 1.165) is 23.8 Å². The molecular weight excluding hydrogens is 402 g/mol. The summed E-state index contributed by atoms with van der Waals surface area (Å²) >= 11 is 1.26. The number of amides is 3. The van der Waals surface area contributed by atoms with E-state index in [2.05, 4.69) is 20.6 Å². The van der Waals surface area contributed by atoms with Crippen molar-refractivity contribution in [2.24, 2.45) is 0 Å².